The van der Waals surface area contributed by atoms with E-state index in [4.69, 9.17) is 14.5 Å². The quantitative estimate of drug-likeness (QED) is 0.0857. The van der Waals surface area contributed by atoms with E-state index < -0.39 is 7.82 Å². The van der Waals surface area contributed by atoms with Gasteiger partial charge in [0.25, 0.3) is 0 Å². The van der Waals surface area contributed by atoms with Crippen molar-refractivity contribution in [2.75, 3.05) is 33.8 Å². The van der Waals surface area contributed by atoms with Crippen molar-refractivity contribution < 1.29 is 32.9 Å². The lowest BCUT2D eigenvalue weighted by molar-refractivity contribution is -0.893. The third kappa shape index (κ3) is 22.7. The number of carbonyl (C=O) groups excluding carboxylic acids is 1. The van der Waals surface area contributed by atoms with Crippen molar-refractivity contribution in [1.29, 1.82) is 0 Å². The zero-order valence-electron chi connectivity index (χ0n) is 21.2. The van der Waals surface area contributed by atoms with Gasteiger partial charge in [0.2, 0.25) is 0 Å². The van der Waals surface area contributed by atoms with E-state index in [1.807, 2.05) is 14.1 Å². The first-order valence-corrected chi connectivity index (χ1v) is 14.3. The standard InChI is InChI=1S/C24H50NO6P/c1-5-6-7-8-9-10-11-12-13-14-15-16-17-18-19-24(31-23(2)26)22-25(3,4)20-21-30-32(27,28)29/h24H,5-22H2,1-4H3,(H-,27,28,29)/p+1. The molecule has 32 heavy (non-hydrogen) atoms. The highest BCUT2D eigenvalue weighted by Gasteiger charge is 2.25. The fourth-order valence-corrected chi connectivity index (χ4v) is 4.36. The third-order valence-electron chi connectivity index (χ3n) is 5.87. The highest BCUT2D eigenvalue weighted by atomic mass is 31.2. The molecule has 192 valence electrons. The molecule has 0 spiro atoms. The number of hydrogen-bond acceptors (Lipinski definition) is 4. The van der Waals surface area contributed by atoms with Crippen molar-refractivity contribution in [3.8, 4) is 0 Å². The normalized spacial score (nSPS) is 13.3. The molecule has 0 aromatic rings. The molecule has 0 heterocycles. The van der Waals surface area contributed by atoms with Crippen molar-refractivity contribution in [3.63, 3.8) is 0 Å². The molecule has 0 aliphatic rings. The highest BCUT2D eigenvalue weighted by Crippen LogP contribution is 2.35. The molecule has 0 saturated carbocycles. The average molecular weight is 481 g/mol. The molecule has 0 amide bonds. The van der Waals surface area contributed by atoms with Gasteiger partial charge in [-0.1, -0.05) is 90.4 Å². The van der Waals surface area contributed by atoms with Crippen molar-refractivity contribution in [2.45, 2.75) is 116 Å². The van der Waals surface area contributed by atoms with Gasteiger partial charge in [0.1, 0.15) is 19.7 Å². The maximum absolute atomic E-state index is 11.5. The minimum atomic E-state index is -4.45. The van der Waals surface area contributed by atoms with Gasteiger partial charge in [0, 0.05) is 6.92 Å². The van der Waals surface area contributed by atoms with Gasteiger partial charge in [-0.3, -0.25) is 9.32 Å². The number of hydrogen-bond donors (Lipinski definition) is 2. The maximum Gasteiger partial charge on any atom is 0.469 e. The lowest BCUT2D eigenvalue weighted by atomic mass is 10.0. The molecule has 0 bridgehead atoms. The van der Waals surface area contributed by atoms with Crippen LogP contribution < -0.4 is 0 Å². The average Bonchev–Trinajstić information content (AvgIpc) is 2.66. The Morgan fingerprint density at radius 1 is 0.844 bits per heavy atom. The van der Waals surface area contributed by atoms with E-state index in [9.17, 15) is 9.36 Å². The van der Waals surface area contributed by atoms with E-state index >= 15 is 0 Å². The summed E-state index contributed by atoms with van der Waals surface area (Å²) in [5, 5.41) is 0. The number of nitrogens with zero attached hydrogens (tertiary/aromatic N) is 1. The van der Waals surface area contributed by atoms with Gasteiger partial charge in [-0.05, 0) is 12.8 Å². The largest absolute Gasteiger partial charge is 0.469 e. The molecule has 0 aromatic heterocycles. The van der Waals surface area contributed by atoms with Gasteiger partial charge in [-0.2, -0.15) is 0 Å². The number of rotatable bonds is 22. The summed E-state index contributed by atoms with van der Waals surface area (Å²) in [7, 11) is -0.551. The van der Waals surface area contributed by atoms with E-state index in [0.717, 1.165) is 19.3 Å². The zero-order chi connectivity index (χ0) is 24.3. The lowest BCUT2D eigenvalue weighted by Crippen LogP contribution is -2.48. The third-order valence-corrected chi connectivity index (χ3v) is 6.39. The van der Waals surface area contributed by atoms with E-state index in [2.05, 4.69) is 11.4 Å². The number of esters is 1. The van der Waals surface area contributed by atoms with E-state index in [1.165, 1.54) is 84.0 Å². The van der Waals surface area contributed by atoms with E-state index in [1.54, 1.807) is 0 Å². The van der Waals surface area contributed by atoms with Crippen molar-refractivity contribution >= 4 is 13.8 Å². The second-order valence-corrected chi connectivity index (χ2v) is 11.0. The maximum atomic E-state index is 11.5. The summed E-state index contributed by atoms with van der Waals surface area (Å²) in [6.45, 7) is 4.68. The molecule has 0 aromatic carbocycles. The van der Waals surface area contributed by atoms with E-state index in [0.29, 0.717) is 17.6 Å². The van der Waals surface area contributed by atoms with Crippen molar-refractivity contribution in [3.05, 3.63) is 0 Å². The summed E-state index contributed by atoms with van der Waals surface area (Å²) >= 11 is 0. The van der Waals surface area contributed by atoms with Gasteiger partial charge in [-0.15, -0.1) is 0 Å². The fourth-order valence-electron chi connectivity index (χ4n) is 4.04. The number of likely N-dealkylation sites (N-methyl/N-ethyl adjacent to an activating group) is 1. The minimum absolute atomic E-state index is 0.0388. The second-order valence-electron chi connectivity index (χ2n) is 9.78. The Bertz CT molecular complexity index is 509. The molecular weight excluding hydrogens is 429 g/mol. The second kappa shape index (κ2) is 18.9. The molecule has 0 radical (unpaired) electrons. The van der Waals surface area contributed by atoms with Crippen LogP contribution in [0.3, 0.4) is 0 Å². The molecule has 1 unspecified atom stereocenters. The van der Waals surface area contributed by atoms with Gasteiger partial charge < -0.3 is 19.0 Å². The number of quaternary nitrogens is 1. The van der Waals surface area contributed by atoms with Crippen molar-refractivity contribution in [2.24, 2.45) is 0 Å². The van der Waals surface area contributed by atoms with Gasteiger partial charge >= 0.3 is 13.8 Å². The fraction of sp³-hybridized carbons (Fsp3) is 0.958. The first-order valence-electron chi connectivity index (χ1n) is 12.7. The van der Waals surface area contributed by atoms with Crippen LogP contribution in [-0.2, 0) is 18.6 Å². The van der Waals surface area contributed by atoms with Gasteiger partial charge in [0.05, 0.1) is 14.1 Å². The minimum Gasteiger partial charge on any atom is -0.457 e. The summed E-state index contributed by atoms with van der Waals surface area (Å²) in [5.41, 5.74) is 0. The van der Waals surface area contributed by atoms with Crippen LogP contribution in [0.1, 0.15) is 110 Å². The number of carbonyl (C=O) groups is 1. The molecule has 0 aliphatic heterocycles. The SMILES string of the molecule is CCCCCCCCCCCCCCCCC(C[N+](C)(C)CCOP(=O)(O)O)OC(C)=O. The van der Waals surface area contributed by atoms with Crippen LogP contribution in [0.4, 0.5) is 0 Å². The molecule has 7 nitrogen and oxygen atoms in total. The Balaban J connectivity index is 3.87. The number of unbranched alkanes of at least 4 members (excludes halogenated alkanes) is 13. The lowest BCUT2D eigenvalue weighted by Gasteiger charge is -2.33. The van der Waals surface area contributed by atoms with Crippen LogP contribution in [0.2, 0.25) is 0 Å². The van der Waals surface area contributed by atoms with Crippen LogP contribution in [0.5, 0.6) is 0 Å². The molecule has 0 aliphatic carbocycles. The Morgan fingerprint density at radius 3 is 1.69 bits per heavy atom. The van der Waals surface area contributed by atoms with Crippen LogP contribution in [0.25, 0.3) is 0 Å². The molecule has 1 atom stereocenters. The predicted molar refractivity (Wildman–Crippen MR) is 130 cm³/mol. The van der Waals surface area contributed by atoms with Gasteiger partial charge in [-0.25, -0.2) is 4.57 Å². The number of ether oxygens (including phenoxy) is 1. The van der Waals surface area contributed by atoms with E-state index in [-0.39, 0.29) is 18.7 Å². The summed E-state index contributed by atoms with van der Waals surface area (Å²) in [6.07, 6.45) is 19.0. The predicted octanol–water partition coefficient (Wildman–Crippen LogP) is 5.98. The topological polar surface area (TPSA) is 93.1 Å². The monoisotopic (exact) mass is 480 g/mol. The number of phosphoric ester groups is 1. The first-order chi connectivity index (χ1) is 15.1. The summed E-state index contributed by atoms with van der Waals surface area (Å²) in [5.74, 6) is -0.285. The Kier molecular flexibility index (Phi) is 18.6. The van der Waals surface area contributed by atoms with Crippen LogP contribution >= 0.6 is 7.82 Å². The van der Waals surface area contributed by atoms with Crippen LogP contribution in [0, 0.1) is 0 Å². The summed E-state index contributed by atoms with van der Waals surface area (Å²) in [4.78, 5) is 29.1. The molecule has 2 N–H and O–H groups in total. The first kappa shape index (κ1) is 31.5. The molecule has 0 saturated heterocycles. The van der Waals surface area contributed by atoms with Gasteiger partial charge in [0.15, 0.2) is 6.10 Å². The van der Waals surface area contributed by atoms with Crippen molar-refractivity contribution in [1.82, 2.24) is 0 Å². The summed E-state index contributed by atoms with van der Waals surface area (Å²) < 4.78 is 21.4. The molecule has 0 rings (SSSR count). The highest BCUT2D eigenvalue weighted by molar-refractivity contribution is 7.46. The Morgan fingerprint density at radius 2 is 1.28 bits per heavy atom. The smallest absolute Gasteiger partial charge is 0.457 e. The van der Waals surface area contributed by atoms with Crippen LogP contribution in [-0.4, -0.2) is 60.1 Å². The van der Waals surface area contributed by atoms with Crippen LogP contribution in [0.15, 0.2) is 0 Å². The number of phosphoric acid groups is 1. The molecular formula is C24H51NO6P+. The Labute approximate surface area is 197 Å². The molecule has 0 fully saturated rings. The summed E-state index contributed by atoms with van der Waals surface area (Å²) in [6, 6.07) is 0. The molecule has 8 heteroatoms. The Hall–Kier alpha value is -0.460. The zero-order valence-corrected chi connectivity index (χ0v) is 22.1.